The Morgan fingerprint density at radius 2 is 0.609 bits per heavy atom. The molecule has 0 radical (unpaired) electrons. The molecule has 1 atom stereocenters. The number of ether oxygens (including phenoxy) is 3. The molecule has 0 aliphatic heterocycles. The van der Waals surface area contributed by atoms with Gasteiger partial charge in [-0.15, -0.1) is 0 Å². The quantitative estimate of drug-likeness (QED) is 0.0262. The molecule has 0 heterocycles. The van der Waals surface area contributed by atoms with E-state index in [-0.39, 0.29) is 31.1 Å². The zero-order chi connectivity index (χ0) is 46.5. The number of esters is 3. The molecule has 0 aliphatic carbocycles. The fourth-order valence-corrected chi connectivity index (χ4v) is 8.22. The van der Waals surface area contributed by atoms with E-state index in [0.717, 1.165) is 83.5 Å². The Bertz CT molecular complexity index is 1080. The summed E-state index contributed by atoms with van der Waals surface area (Å²) in [7, 11) is 0. The Balaban J connectivity index is 4.24. The van der Waals surface area contributed by atoms with Crippen LogP contribution in [-0.2, 0) is 28.6 Å². The number of hydrogen-bond acceptors (Lipinski definition) is 6. The van der Waals surface area contributed by atoms with Gasteiger partial charge >= 0.3 is 17.9 Å². The van der Waals surface area contributed by atoms with Crippen molar-refractivity contribution in [2.45, 2.75) is 303 Å². The molecule has 64 heavy (non-hydrogen) atoms. The van der Waals surface area contributed by atoms with E-state index in [1.54, 1.807) is 0 Å². The van der Waals surface area contributed by atoms with Gasteiger partial charge in [0.25, 0.3) is 0 Å². The topological polar surface area (TPSA) is 78.9 Å². The van der Waals surface area contributed by atoms with Crippen molar-refractivity contribution in [3.05, 3.63) is 36.5 Å². The van der Waals surface area contributed by atoms with Gasteiger partial charge in [0.1, 0.15) is 13.2 Å². The van der Waals surface area contributed by atoms with E-state index in [9.17, 15) is 14.4 Å². The molecule has 0 aromatic carbocycles. The average molecular weight is 899 g/mol. The third-order valence-corrected chi connectivity index (χ3v) is 12.4. The number of carbonyl (C=O) groups is 3. The van der Waals surface area contributed by atoms with Crippen LogP contribution in [-0.4, -0.2) is 37.2 Å². The SMILES string of the molecule is CC/C=C\C/C=C\C/C=C\CCCCCCCCCC(=O)OC(COC(=O)CCCCCCCCCCC)COC(=O)CCCCCCCCCCCCCCCCCCCCCC. The minimum Gasteiger partial charge on any atom is -0.462 e. The summed E-state index contributed by atoms with van der Waals surface area (Å²) in [6.45, 7) is 6.54. The summed E-state index contributed by atoms with van der Waals surface area (Å²) >= 11 is 0. The molecule has 374 valence electrons. The zero-order valence-electron chi connectivity index (χ0n) is 42.8. The largest absolute Gasteiger partial charge is 0.462 e. The van der Waals surface area contributed by atoms with Crippen molar-refractivity contribution in [2.75, 3.05) is 13.2 Å². The first-order valence-corrected chi connectivity index (χ1v) is 28.0. The first kappa shape index (κ1) is 61.6. The summed E-state index contributed by atoms with van der Waals surface area (Å²) in [5.41, 5.74) is 0. The van der Waals surface area contributed by atoms with Crippen LogP contribution in [0.15, 0.2) is 36.5 Å². The minimum atomic E-state index is -0.772. The van der Waals surface area contributed by atoms with Gasteiger partial charge < -0.3 is 14.2 Å². The second-order valence-electron chi connectivity index (χ2n) is 18.8. The second-order valence-corrected chi connectivity index (χ2v) is 18.8. The smallest absolute Gasteiger partial charge is 0.306 e. The van der Waals surface area contributed by atoms with Gasteiger partial charge in [0, 0.05) is 19.3 Å². The van der Waals surface area contributed by atoms with Gasteiger partial charge in [-0.2, -0.15) is 0 Å². The standard InChI is InChI=1S/C58H106O6/c1-4-7-10-13-16-19-21-23-25-27-28-29-31-32-34-36-39-42-45-48-51-57(60)63-54-55(53-62-56(59)50-47-44-41-38-18-15-12-9-6-3)64-58(61)52-49-46-43-40-37-35-33-30-26-24-22-20-17-14-11-8-5-2/h8,11,17,20,24,26,55H,4-7,9-10,12-16,18-19,21-23,25,27-54H2,1-3H3/b11-8-,20-17-,26-24-. The highest BCUT2D eigenvalue weighted by Crippen LogP contribution is 2.17. The molecule has 1 unspecified atom stereocenters. The lowest BCUT2D eigenvalue weighted by molar-refractivity contribution is -0.167. The maximum absolute atomic E-state index is 12.8. The second kappa shape index (κ2) is 53.2. The fourth-order valence-electron chi connectivity index (χ4n) is 8.22. The molecule has 0 aromatic heterocycles. The number of carbonyl (C=O) groups excluding carboxylic acids is 3. The number of allylic oxidation sites excluding steroid dienone is 6. The summed E-state index contributed by atoms with van der Waals surface area (Å²) in [5, 5.41) is 0. The number of unbranched alkanes of at least 4 members (excludes halogenated alkanes) is 34. The third-order valence-electron chi connectivity index (χ3n) is 12.4. The van der Waals surface area contributed by atoms with Crippen molar-refractivity contribution in [3.8, 4) is 0 Å². The van der Waals surface area contributed by atoms with Crippen LogP contribution < -0.4 is 0 Å². The van der Waals surface area contributed by atoms with Crippen molar-refractivity contribution >= 4 is 17.9 Å². The number of rotatable bonds is 51. The summed E-state index contributed by atoms with van der Waals surface area (Å²) in [6.07, 6.45) is 62.9. The molecule has 0 aliphatic rings. The van der Waals surface area contributed by atoms with E-state index in [0.29, 0.717) is 19.3 Å². The molecule has 0 fully saturated rings. The van der Waals surface area contributed by atoms with E-state index in [2.05, 4.69) is 57.2 Å². The Hall–Kier alpha value is -2.37. The van der Waals surface area contributed by atoms with Crippen molar-refractivity contribution in [1.29, 1.82) is 0 Å². The predicted octanol–water partition coefficient (Wildman–Crippen LogP) is 18.5. The molecular weight excluding hydrogens is 793 g/mol. The normalized spacial score (nSPS) is 12.2. The van der Waals surface area contributed by atoms with E-state index in [4.69, 9.17) is 14.2 Å². The summed E-state index contributed by atoms with van der Waals surface area (Å²) in [4.78, 5) is 38.0. The van der Waals surface area contributed by atoms with Crippen molar-refractivity contribution < 1.29 is 28.6 Å². The first-order valence-electron chi connectivity index (χ1n) is 28.0. The van der Waals surface area contributed by atoms with Crippen molar-refractivity contribution in [2.24, 2.45) is 0 Å². The molecule has 0 spiro atoms. The fraction of sp³-hybridized carbons (Fsp3) is 0.845. The average Bonchev–Trinajstić information content (AvgIpc) is 3.29. The molecule has 0 bridgehead atoms. The van der Waals surface area contributed by atoms with Crippen LogP contribution in [0.5, 0.6) is 0 Å². The molecule has 0 aromatic rings. The summed E-state index contributed by atoms with van der Waals surface area (Å²) in [6, 6.07) is 0. The Morgan fingerprint density at radius 1 is 0.328 bits per heavy atom. The molecular formula is C58H106O6. The molecule has 0 saturated carbocycles. The lowest BCUT2D eigenvalue weighted by Crippen LogP contribution is -2.30. The zero-order valence-corrected chi connectivity index (χ0v) is 42.8. The van der Waals surface area contributed by atoms with Crippen LogP contribution >= 0.6 is 0 Å². The molecule has 0 N–H and O–H groups in total. The van der Waals surface area contributed by atoms with E-state index in [1.165, 1.54) is 173 Å². The molecule has 0 rings (SSSR count). The van der Waals surface area contributed by atoms with Crippen LogP contribution in [0.2, 0.25) is 0 Å². The van der Waals surface area contributed by atoms with Gasteiger partial charge in [-0.3, -0.25) is 14.4 Å². The monoisotopic (exact) mass is 899 g/mol. The van der Waals surface area contributed by atoms with Crippen LogP contribution in [0.25, 0.3) is 0 Å². The van der Waals surface area contributed by atoms with Gasteiger partial charge in [-0.1, -0.05) is 263 Å². The maximum Gasteiger partial charge on any atom is 0.306 e. The van der Waals surface area contributed by atoms with Crippen LogP contribution in [0.3, 0.4) is 0 Å². The van der Waals surface area contributed by atoms with Gasteiger partial charge in [-0.05, 0) is 51.4 Å². The Kier molecular flexibility index (Phi) is 51.3. The molecule has 6 nitrogen and oxygen atoms in total. The van der Waals surface area contributed by atoms with Gasteiger partial charge in [-0.25, -0.2) is 0 Å². The van der Waals surface area contributed by atoms with Crippen LogP contribution in [0.1, 0.15) is 297 Å². The third kappa shape index (κ3) is 50.6. The van der Waals surface area contributed by atoms with Crippen LogP contribution in [0.4, 0.5) is 0 Å². The van der Waals surface area contributed by atoms with E-state index >= 15 is 0 Å². The minimum absolute atomic E-state index is 0.0718. The first-order chi connectivity index (χ1) is 31.5. The highest BCUT2D eigenvalue weighted by Gasteiger charge is 2.19. The lowest BCUT2D eigenvalue weighted by atomic mass is 10.0. The van der Waals surface area contributed by atoms with Gasteiger partial charge in [0.2, 0.25) is 0 Å². The Labute approximate surface area is 397 Å². The summed E-state index contributed by atoms with van der Waals surface area (Å²) < 4.78 is 16.8. The predicted molar refractivity (Wildman–Crippen MR) is 275 cm³/mol. The van der Waals surface area contributed by atoms with Gasteiger partial charge in [0.15, 0.2) is 6.10 Å². The molecule has 0 amide bonds. The highest BCUT2D eigenvalue weighted by molar-refractivity contribution is 5.71. The lowest BCUT2D eigenvalue weighted by Gasteiger charge is -2.18. The van der Waals surface area contributed by atoms with Crippen molar-refractivity contribution in [1.82, 2.24) is 0 Å². The highest BCUT2D eigenvalue weighted by atomic mass is 16.6. The summed E-state index contributed by atoms with van der Waals surface area (Å²) in [5.74, 6) is -0.869. The van der Waals surface area contributed by atoms with E-state index in [1.807, 2.05) is 0 Å². The van der Waals surface area contributed by atoms with Crippen molar-refractivity contribution in [3.63, 3.8) is 0 Å². The van der Waals surface area contributed by atoms with Crippen LogP contribution in [0, 0.1) is 0 Å². The van der Waals surface area contributed by atoms with E-state index < -0.39 is 6.10 Å². The maximum atomic E-state index is 12.8. The molecule has 0 saturated heterocycles. The molecule has 6 heteroatoms. The number of hydrogen-bond donors (Lipinski definition) is 0. The van der Waals surface area contributed by atoms with Gasteiger partial charge in [0.05, 0.1) is 0 Å². The Morgan fingerprint density at radius 3 is 0.953 bits per heavy atom.